The second-order valence-corrected chi connectivity index (χ2v) is 4.55. The van der Waals surface area contributed by atoms with Gasteiger partial charge in [0.1, 0.15) is 0 Å². The van der Waals surface area contributed by atoms with E-state index in [1.165, 1.54) is 12.1 Å². The average Bonchev–Trinajstić information content (AvgIpc) is 2.89. The second kappa shape index (κ2) is 5.79. The van der Waals surface area contributed by atoms with Crippen LogP contribution in [-0.2, 0) is 4.74 Å². The Balaban J connectivity index is 2.06. The molecule has 0 saturated carbocycles. The Morgan fingerprint density at radius 1 is 1.58 bits per heavy atom. The van der Waals surface area contributed by atoms with E-state index >= 15 is 0 Å². The number of carbonyl (C=O) groups is 1. The van der Waals surface area contributed by atoms with Gasteiger partial charge in [0.2, 0.25) is 0 Å². The fraction of sp³-hybridized carbons (Fsp3) is 0.462. The lowest BCUT2D eigenvalue weighted by atomic mass is 10.1. The highest BCUT2D eigenvalue weighted by Crippen LogP contribution is 2.21. The van der Waals surface area contributed by atoms with Gasteiger partial charge < -0.3 is 10.1 Å². The summed E-state index contributed by atoms with van der Waals surface area (Å²) in [7, 11) is 0. The monoisotopic (exact) mass is 264 g/mol. The van der Waals surface area contributed by atoms with Crippen LogP contribution in [0, 0.1) is 17.0 Å². The molecule has 0 aliphatic carbocycles. The van der Waals surface area contributed by atoms with Crippen molar-refractivity contribution in [3.8, 4) is 0 Å². The number of ether oxygens (including phenoxy) is 1. The first kappa shape index (κ1) is 13.5. The van der Waals surface area contributed by atoms with Gasteiger partial charge in [-0.1, -0.05) is 6.07 Å². The van der Waals surface area contributed by atoms with Crippen LogP contribution in [0.3, 0.4) is 0 Å². The SMILES string of the molecule is Cc1c(C(=O)NC[C@@H]2CCCO2)cccc1[N+](=O)[O-]. The number of hydrogen-bond acceptors (Lipinski definition) is 4. The van der Waals surface area contributed by atoms with Crippen molar-refractivity contribution >= 4 is 11.6 Å². The van der Waals surface area contributed by atoms with Gasteiger partial charge >= 0.3 is 0 Å². The van der Waals surface area contributed by atoms with Crippen molar-refractivity contribution in [2.24, 2.45) is 0 Å². The number of nitro groups is 1. The Morgan fingerprint density at radius 2 is 2.37 bits per heavy atom. The molecule has 1 saturated heterocycles. The zero-order valence-corrected chi connectivity index (χ0v) is 10.7. The molecular weight excluding hydrogens is 248 g/mol. The van der Waals surface area contributed by atoms with Gasteiger partial charge in [-0.25, -0.2) is 0 Å². The van der Waals surface area contributed by atoms with Gasteiger partial charge in [-0.05, 0) is 25.8 Å². The van der Waals surface area contributed by atoms with E-state index in [0.29, 0.717) is 17.7 Å². The van der Waals surface area contributed by atoms with E-state index in [2.05, 4.69) is 5.32 Å². The maximum absolute atomic E-state index is 12.0. The zero-order valence-electron chi connectivity index (χ0n) is 10.7. The van der Waals surface area contributed by atoms with E-state index in [9.17, 15) is 14.9 Å². The molecule has 1 heterocycles. The number of nitro benzene ring substituents is 1. The van der Waals surface area contributed by atoms with Crippen molar-refractivity contribution in [1.29, 1.82) is 0 Å². The fourth-order valence-electron chi connectivity index (χ4n) is 2.17. The number of nitrogens with one attached hydrogen (secondary N) is 1. The van der Waals surface area contributed by atoms with Crippen molar-refractivity contribution in [2.75, 3.05) is 13.2 Å². The fourth-order valence-corrected chi connectivity index (χ4v) is 2.17. The van der Waals surface area contributed by atoms with Crippen LogP contribution in [0.5, 0.6) is 0 Å². The second-order valence-electron chi connectivity index (χ2n) is 4.55. The first-order valence-corrected chi connectivity index (χ1v) is 6.23. The summed E-state index contributed by atoms with van der Waals surface area (Å²) in [5.41, 5.74) is 0.689. The molecule has 0 spiro atoms. The number of amides is 1. The molecule has 1 aliphatic rings. The van der Waals surface area contributed by atoms with Crippen LogP contribution in [-0.4, -0.2) is 30.1 Å². The van der Waals surface area contributed by atoms with Crippen molar-refractivity contribution in [3.05, 3.63) is 39.4 Å². The van der Waals surface area contributed by atoms with E-state index in [0.717, 1.165) is 19.4 Å². The normalized spacial score (nSPS) is 18.3. The molecular formula is C13H16N2O4. The standard InChI is InChI=1S/C13H16N2O4/c1-9-11(5-2-6-12(9)15(17)18)13(16)14-8-10-4-3-7-19-10/h2,5-6,10H,3-4,7-8H2,1H3,(H,14,16)/t10-/m0/s1. The molecule has 0 bridgehead atoms. The molecule has 6 nitrogen and oxygen atoms in total. The van der Waals surface area contributed by atoms with E-state index in [1.54, 1.807) is 13.0 Å². The molecule has 1 aromatic rings. The Bertz CT molecular complexity index is 495. The maximum atomic E-state index is 12.0. The van der Waals surface area contributed by atoms with Gasteiger partial charge in [0, 0.05) is 30.3 Å². The largest absolute Gasteiger partial charge is 0.376 e. The number of nitrogens with zero attached hydrogens (tertiary/aromatic N) is 1. The molecule has 0 unspecified atom stereocenters. The lowest BCUT2D eigenvalue weighted by Gasteiger charge is -2.11. The minimum absolute atomic E-state index is 0.0373. The summed E-state index contributed by atoms with van der Waals surface area (Å²) < 4.78 is 5.41. The lowest BCUT2D eigenvalue weighted by molar-refractivity contribution is -0.385. The minimum atomic E-state index is -0.480. The van der Waals surface area contributed by atoms with Crippen molar-refractivity contribution < 1.29 is 14.5 Å². The predicted molar refractivity (Wildman–Crippen MR) is 69.1 cm³/mol. The third kappa shape index (κ3) is 3.08. The van der Waals surface area contributed by atoms with E-state index < -0.39 is 4.92 Å². The topological polar surface area (TPSA) is 81.5 Å². The molecule has 0 aromatic heterocycles. The zero-order chi connectivity index (χ0) is 13.8. The van der Waals surface area contributed by atoms with Gasteiger partial charge in [-0.15, -0.1) is 0 Å². The third-order valence-corrected chi connectivity index (χ3v) is 3.26. The summed E-state index contributed by atoms with van der Waals surface area (Å²) in [5, 5.41) is 13.6. The average molecular weight is 264 g/mol. The number of rotatable bonds is 4. The molecule has 1 aliphatic heterocycles. The van der Waals surface area contributed by atoms with Crippen LogP contribution in [0.25, 0.3) is 0 Å². The minimum Gasteiger partial charge on any atom is -0.376 e. The molecule has 2 rings (SSSR count). The van der Waals surface area contributed by atoms with Gasteiger partial charge in [0.25, 0.3) is 11.6 Å². The van der Waals surface area contributed by atoms with Crippen LogP contribution >= 0.6 is 0 Å². The summed E-state index contributed by atoms with van der Waals surface area (Å²) in [4.78, 5) is 22.3. The summed E-state index contributed by atoms with van der Waals surface area (Å²) in [6.45, 7) is 2.76. The predicted octanol–water partition coefficient (Wildman–Crippen LogP) is 1.81. The Labute approximate surface area is 110 Å². The van der Waals surface area contributed by atoms with Crippen molar-refractivity contribution in [2.45, 2.75) is 25.9 Å². The first-order valence-electron chi connectivity index (χ1n) is 6.23. The summed E-state index contributed by atoms with van der Waals surface area (Å²) >= 11 is 0. The molecule has 1 fully saturated rings. The Kier molecular flexibility index (Phi) is 4.11. The van der Waals surface area contributed by atoms with Crippen molar-refractivity contribution in [3.63, 3.8) is 0 Å². The number of hydrogen-bond donors (Lipinski definition) is 1. The van der Waals surface area contributed by atoms with Gasteiger partial charge in [0.15, 0.2) is 0 Å². The molecule has 1 N–H and O–H groups in total. The van der Waals surface area contributed by atoms with Crippen LogP contribution in [0.4, 0.5) is 5.69 Å². The highest BCUT2D eigenvalue weighted by molar-refractivity contribution is 5.96. The first-order chi connectivity index (χ1) is 9.09. The quantitative estimate of drug-likeness (QED) is 0.664. The molecule has 102 valence electrons. The van der Waals surface area contributed by atoms with E-state index in [4.69, 9.17) is 4.74 Å². The summed E-state index contributed by atoms with van der Waals surface area (Å²) in [5.74, 6) is -0.295. The van der Waals surface area contributed by atoms with Gasteiger partial charge in [0.05, 0.1) is 11.0 Å². The van der Waals surface area contributed by atoms with Crippen LogP contribution in [0.1, 0.15) is 28.8 Å². The highest BCUT2D eigenvalue weighted by atomic mass is 16.6. The van der Waals surface area contributed by atoms with Gasteiger partial charge in [-0.2, -0.15) is 0 Å². The number of benzene rings is 1. The summed E-state index contributed by atoms with van der Waals surface area (Å²) in [6.07, 6.45) is 2.01. The molecule has 1 aromatic carbocycles. The van der Waals surface area contributed by atoms with Crippen LogP contribution < -0.4 is 5.32 Å². The smallest absolute Gasteiger partial charge is 0.273 e. The maximum Gasteiger partial charge on any atom is 0.273 e. The molecule has 6 heteroatoms. The molecule has 19 heavy (non-hydrogen) atoms. The Hall–Kier alpha value is -1.95. The molecule has 1 atom stereocenters. The number of carbonyl (C=O) groups excluding carboxylic acids is 1. The van der Waals surface area contributed by atoms with E-state index in [1.807, 2.05) is 0 Å². The summed E-state index contributed by atoms with van der Waals surface area (Å²) in [6, 6.07) is 4.51. The highest BCUT2D eigenvalue weighted by Gasteiger charge is 2.20. The molecule has 1 amide bonds. The Morgan fingerprint density at radius 3 is 3.00 bits per heavy atom. The lowest BCUT2D eigenvalue weighted by Crippen LogP contribution is -2.32. The molecule has 0 radical (unpaired) electrons. The van der Waals surface area contributed by atoms with E-state index in [-0.39, 0.29) is 17.7 Å². The van der Waals surface area contributed by atoms with Crippen molar-refractivity contribution in [1.82, 2.24) is 5.32 Å². The van der Waals surface area contributed by atoms with Crippen LogP contribution in [0.15, 0.2) is 18.2 Å². The van der Waals surface area contributed by atoms with Gasteiger partial charge in [-0.3, -0.25) is 14.9 Å². The van der Waals surface area contributed by atoms with Crippen LogP contribution in [0.2, 0.25) is 0 Å². The third-order valence-electron chi connectivity index (χ3n) is 3.26.